The van der Waals surface area contributed by atoms with Gasteiger partial charge in [-0.05, 0) is 86.1 Å². The molecular formula is C32H23N. The number of hydrogen-bond acceptors (Lipinski definition) is 1. The van der Waals surface area contributed by atoms with Gasteiger partial charge in [-0.15, -0.1) is 0 Å². The zero-order valence-corrected chi connectivity index (χ0v) is 18.5. The topological polar surface area (TPSA) is 12.9 Å². The van der Waals surface area contributed by atoms with E-state index in [2.05, 4.69) is 115 Å². The molecule has 1 nitrogen and oxygen atoms in total. The van der Waals surface area contributed by atoms with Gasteiger partial charge in [0, 0.05) is 18.0 Å². The Morgan fingerprint density at radius 1 is 0.515 bits per heavy atom. The number of hydrogen-bond donors (Lipinski definition) is 0. The van der Waals surface area contributed by atoms with Gasteiger partial charge >= 0.3 is 0 Å². The van der Waals surface area contributed by atoms with E-state index in [1.165, 1.54) is 54.9 Å². The summed E-state index contributed by atoms with van der Waals surface area (Å²) in [6.45, 7) is 2.20. The van der Waals surface area contributed by atoms with Crippen molar-refractivity contribution in [2.24, 2.45) is 0 Å². The highest BCUT2D eigenvalue weighted by molar-refractivity contribution is 6.14. The molecule has 33 heavy (non-hydrogen) atoms. The number of fused-ring (bicyclic) bond motifs is 2. The van der Waals surface area contributed by atoms with Gasteiger partial charge in [0.15, 0.2) is 0 Å². The molecule has 6 aromatic rings. The van der Waals surface area contributed by atoms with Crippen LogP contribution >= 0.6 is 0 Å². The number of rotatable bonds is 3. The van der Waals surface area contributed by atoms with Crippen molar-refractivity contribution in [1.82, 2.24) is 4.98 Å². The lowest BCUT2D eigenvalue weighted by Gasteiger charge is -2.16. The summed E-state index contributed by atoms with van der Waals surface area (Å²) in [5.74, 6) is 0. The maximum atomic E-state index is 4.31. The Bertz CT molecular complexity index is 1500. The lowest BCUT2D eigenvalue weighted by molar-refractivity contribution is 1.33. The average Bonchev–Trinajstić information content (AvgIpc) is 2.88. The number of benzene rings is 5. The summed E-state index contributed by atoms with van der Waals surface area (Å²) in [7, 11) is 0. The van der Waals surface area contributed by atoms with Crippen LogP contribution in [0.2, 0.25) is 0 Å². The molecule has 0 aliphatic heterocycles. The minimum absolute atomic E-state index is 1.13. The molecule has 0 unspecified atom stereocenters. The SMILES string of the molecule is Cc1ccccc1-c1c2ccc(-c3ccccc3)cc2cc2cc(-c3cccnc3)ccc12. The molecular weight excluding hydrogens is 398 g/mol. The summed E-state index contributed by atoms with van der Waals surface area (Å²) >= 11 is 0. The molecule has 0 fully saturated rings. The molecule has 0 radical (unpaired) electrons. The summed E-state index contributed by atoms with van der Waals surface area (Å²) in [5.41, 5.74) is 8.67. The van der Waals surface area contributed by atoms with E-state index in [-0.39, 0.29) is 0 Å². The van der Waals surface area contributed by atoms with Gasteiger partial charge in [0.2, 0.25) is 0 Å². The summed E-state index contributed by atoms with van der Waals surface area (Å²) < 4.78 is 0. The van der Waals surface area contributed by atoms with Gasteiger partial charge in [-0.3, -0.25) is 4.98 Å². The van der Waals surface area contributed by atoms with E-state index in [0.29, 0.717) is 0 Å². The van der Waals surface area contributed by atoms with Gasteiger partial charge in [-0.1, -0.05) is 84.9 Å². The Morgan fingerprint density at radius 3 is 1.82 bits per heavy atom. The fourth-order valence-corrected chi connectivity index (χ4v) is 4.80. The van der Waals surface area contributed by atoms with Crippen LogP contribution in [0, 0.1) is 6.92 Å². The van der Waals surface area contributed by atoms with Crippen molar-refractivity contribution in [2.75, 3.05) is 0 Å². The Morgan fingerprint density at radius 2 is 1.15 bits per heavy atom. The standard InChI is InChI=1S/C32H23N/c1-22-8-5-6-12-29(22)32-30-15-13-24(23-9-3-2-4-10-23)18-27(30)20-28-19-25(14-16-31(28)32)26-11-7-17-33-21-26/h2-21H,1H3. The van der Waals surface area contributed by atoms with E-state index in [1.54, 1.807) is 0 Å². The molecule has 1 aromatic heterocycles. The molecule has 1 heterocycles. The first kappa shape index (κ1) is 19.5. The monoisotopic (exact) mass is 421 g/mol. The average molecular weight is 422 g/mol. The first-order chi connectivity index (χ1) is 16.3. The molecule has 0 bridgehead atoms. The van der Waals surface area contributed by atoms with E-state index in [0.717, 1.165) is 5.56 Å². The summed E-state index contributed by atoms with van der Waals surface area (Å²) in [4.78, 5) is 4.31. The molecule has 0 saturated heterocycles. The van der Waals surface area contributed by atoms with E-state index in [9.17, 15) is 0 Å². The van der Waals surface area contributed by atoms with Crippen LogP contribution in [0.25, 0.3) is 54.9 Å². The Labute approximate surface area is 194 Å². The molecule has 1 heteroatoms. The van der Waals surface area contributed by atoms with Crippen molar-refractivity contribution < 1.29 is 0 Å². The Hall–Kier alpha value is -4.23. The van der Waals surface area contributed by atoms with Crippen LogP contribution in [-0.4, -0.2) is 4.98 Å². The summed E-state index contributed by atoms with van der Waals surface area (Å²) in [5, 5.41) is 5.06. The zero-order chi connectivity index (χ0) is 22.2. The Balaban J connectivity index is 1.67. The first-order valence-corrected chi connectivity index (χ1v) is 11.3. The predicted octanol–water partition coefficient (Wildman–Crippen LogP) is 8.70. The van der Waals surface area contributed by atoms with Crippen molar-refractivity contribution >= 4 is 21.5 Å². The quantitative estimate of drug-likeness (QED) is 0.260. The minimum atomic E-state index is 1.13. The molecule has 0 amide bonds. The van der Waals surface area contributed by atoms with Crippen LogP contribution < -0.4 is 0 Å². The second-order valence-corrected chi connectivity index (χ2v) is 8.55. The van der Waals surface area contributed by atoms with Crippen LogP contribution in [0.5, 0.6) is 0 Å². The molecule has 0 aliphatic rings. The van der Waals surface area contributed by atoms with E-state index in [1.807, 2.05) is 18.5 Å². The zero-order valence-electron chi connectivity index (χ0n) is 18.5. The third kappa shape index (κ3) is 3.48. The number of aromatic nitrogens is 1. The fraction of sp³-hybridized carbons (Fsp3) is 0.0312. The van der Waals surface area contributed by atoms with Crippen molar-refractivity contribution in [3.63, 3.8) is 0 Å². The molecule has 6 rings (SSSR count). The molecule has 0 spiro atoms. The second kappa shape index (κ2) is 8.03. The minimum Gasteiger partial charge on any atom is -0.264 e. The lowest BCUT2D eigenvalue weighted by Crippen LogP contribution is -1.90. The number of pyridine rings is 1. The maximum absolute atomic E-state index is 4.31. The first-order valence-electron chi connectivity index (χ1n) is 11.3. The highest BCUT2D eigenvalue weighted by Gasteiger charge is 2.13. The van der Waals surface area contributed by atoms with E-state index < -0.39 is 0 Å². The van der Waals surface area contributed by atoms with E-state index >= 15 is 0 Å². The largest absolute Gasteiger partial charge is 0.264 e. The van der Waals surface area contributed by atoms with Gasteiger partial charge in [0.05, 0.1) is 0 Å². The van der Waals surface area contributed by atoms with Gasteiger partial charge in [-0.2, -0.15) is 0 Å². The van der Waals surface area contributed by atoms with Gasteiger partial charge in [0.25, 0.3) is 0 Å². The number of aryl methyl sites for hydroxylation is 1. The predicted molar refractivity (Wildman–Crippen MR) is 140 cm³/mol. The second-order valence-electron chi connectivity index (χ2n) is 8.55. The van der Waals surface area contributed by atoms with Crippen molar-refractivity contribution in [1.29, 1.82) is 0 Å². The van der Waals surface area contributed by atoms with Crippen LogP contribution in [-0.2, 0) is 0 Å². The fourth-order valence-electron chi connectivity index (χ4n) is 4.80. The molecule has 0 saturated carbocycles. The highest BCUT2D eigenvalue weighted by Crippen LogP contribution is 2.40. The van der Waals surface area contributed by atoms with Crippen LogP contribution in [0.15, 0.2) is 122 Å². The Kier molecular flexibility index (Phi) is 4.74. The van der Waals surface area contributed by atoms with Crippen LogP contribution in [0.3, 0.4) is 0 Å². The lowest BCUT2D eigenvalue weighted by atomic mass is 9.88. The van der Waals surface area contributed by atoms with Crippen molar-refractivity contribution in [2.45, 2.75) is 6.92 Å². The summed E-state index contributed by atoms with van der Waals surface area (Å²) in [6, 6.07) is 39.3. The smallest absolute Gasteiger partial charge is 0.0346 e. The third-order valence-corrected chi connectivity index (χ3v) is 6.47. The van der Waals surface area contributed by atoms with Crippen molar-refractivity contribution in [3.8, 4) is 33.4 Å². The molecule has 156 valence electrons. The summed E-state index contributed by atoms with van der Waals surface area (Å²) in [6.07, 6.45) is 3.75. The highest BCUT2D eigenvalue weighted by atomic mass is 14.6. The van der Waals surface area contributed by atoms with Gasteiger partial charge in [0.1, 0.15) is 0 Å². The molecule has 5 aromatic carbocycles. The van der Waals surface area contributed by atoms with Crippen molar-refractivity contribution in [3.05, 3.63) is 127 Å². The molecule has 0 aliphatic carbocycles. The normalized spacial score (nSPS) is 11.2. The van der Waals surface area contributed by atoms with Gasteiger partial charge < -0.3 is 0 Å². The maximum Gasteiger partial charge on any atom is 0.0346 e. The molecule has 0 N–H and O–H groups in total. The van der Waals surface area contributed by atoms with Gasteiger partial charge in [-0.25, -0.2) is 0 Å². The van der Waals surface area contributed by atoms with E-state index in [4.69, 9.17) is 0 Å². The van der Waals surface area contributed by atoms with Crippen LogP contribution in [0.4, 0.5) is 0 Å². The number of nitrogens with zero attached hydrogens (tertiary/aromatic N) is 1. The third-order valence-electron chi connectivity index (χ3n) is 6.47. The molecule has 0 atom stereocenters. The van der Waals surface area contributed by atoms with Crippen LogP contribution in [0.1, 0.15) is 5.56 Å².